The Labute approximate surface area is 96.1 Å². The lowest BCUT2D eigenvalue weighted by molar-refractivity contribution is 0.191. The first-order valence-electron chi connectivity index (χ1n) is 5.13. The van der Waals surface area contributed by atoms with Crippen molar-refractivity contribution in [2.45, 2.75) is 6.10 Å². The normalized spacial score (nSPS) is 13.1. The van der Waals surface area contributed by atoms with Crippen LogP contribution in [-0.2, 0) is 0 Å². The summed E-state index contributed by atoms with van der Waals surface area (Å²) in [5, 5.41) is 10.6. The number of rotatable bonds is 2. The maximum Gasteiger partial charge on any atom is 0.140 e. The average Bonchev–Trinajstić information content (AvgIpc) is 2.96. The van der Waals surface area contributed by atoms with Gasteiger partial charge in [-0.1, -0.05) is 0 Å². The molecule has 86 valence electrons. The number of hydrogen-bond donors (Lipinski definition) is 1. The minimum Gasteiger partial charge on any atom is -0.472 e. The fraction of sp³-hybridized carbons (Fsp3) is 0.0769. The third-order valence-electron chi connectivity index (χ3n) is 2.63. The number of halogens is 1. The molecule has 1 N–H and O–H groups in total. The number of benzene rings is 1. The van der Waals surface area contributed by atoms with E-state index in [2.05, 4.69) is 0 Å². The van der Waals surface area contributed by atoms with Crippen LogP contribution in [0, 0.1) is 5.82 Å². The third kappa shape index (κ3) is 1.72. The van der Waals surface area contributed by atoms with Crippen molar-refractivity contribution in [3.63, 3.8) is 0 Å². The zero-order valence-corrected chi connectivity index (χ0v) is 8.76. The summed E-state index contributed by atoms with van der Waals surface area (Å²) in [4.78, 5) is 0. The first kappa shape index (κ1) is 10.1. The summed E-state index contributed by atoms with van der Waals surface area (Å²) in [6.07, 6.45) is 2.02. The van der Waals surface area contributed by atoms with Gasteiger partial charge in [-0.05, 0) is 30.3 Å². The van der Waals surface area contributed by atoms with Gasteiger partial charge in [0.2, 0.25) is 0 Å². The number of aliphatic hydroxyl groups excluding tert-OH is 1. The van der Waals surface area contributed by atoms with Gasteiger partial charge in [-0.25, -0.2) is 4.39 Å². The third-order valence-corrected chi connectivity index (χ3v) is 2.63. The number of hydrogen-bond acceptors (Lipinski definition) is 3. The van der Waals surface area contributed by atoms with Gasteiger partial charge in [0.25, 0.3) is 0 Å². The summed E-state index contributed by atoms with van der Waals surface area (Å²) < 4.78 is 23.3. The zero-order chi connectivity index (χ0) is 11.8. The standard InChI is InChI=1S/C13H9FO3/c14-10-1-2-11-9(5-10)6-12(17-11)13(15)8-3-4-16-7-8/h1-7,13,15H. The molecule has 0 radical (unpaired) electrons. The minimum atomic E-state index is -0.899. The summed E-state index contributed by atoms with van der Waals surface area (Å²) in [5.74, 6) is 0.0367. The molecule has 0 amide bonds. The van der Waals surface area contributed by atoms with E-state index in [4.69, 9.17) is 8.83 Å². The molecule has 0 aliphatic carbocycles. The predicted molar refractivity (Wildman–Crippen MR) is 58.9 cm³/mol. The Hall–Kier alpha value is -2.07. The molecular formula is C13H9FO3. The molecule has 2 heterocycles. The maximum absolute atomic E-state index is 13.0. The van der Waals surface area contributed by atoms with Crippen molar-refractivity contribution in [2.24, 2.45) is 0 Å². The average molecular weight is 232 g/mol. The van der Waals surface area contributed by atoms with E-state index < -0.39 is 6.10 Å². The van der Waals surface area contributed by atoms with Crippen LogP contribution in [0.3, 0.4) is 0 Å². The molecule has 0 aliphatic rings. The smallest absolute Gasteiger partial charge is 0.140 e. The Kier molecular flexibility index (Phi) is 2.23. The van der Waals surface area contributed by atoms with E-state index in [0.717, 1.165) is 0 Å². The lowest BCUT2D eigenvalue weighted by Gasteiger charge is -2.02. The van der Waals surface area contributed by atoms with Gasteiger partial charge in [0.05, 0.1) is 12.5 Å². The van der Waals surface area contributed by atoms with Crippen LogP contribution in [0.25, 0.3) is 11.0 Å². The van der Waals surface area contributed by atoms with Gasteiger partial charge in [0.15, 0.2) is 0 Å². The van der Waals surface area contributed by atoms with Crippen molar-refractivity contribution in [3.05, 3.63) is 60.0 Å². The highest BCUT2D eigenvalue weighted by Crippen LogP contribution is 2.28. The van der Waals surface area contributed by atoms with Crippen LogP contribution < -0.4 is 0 Å². The number of aliphatic hydroxyl groups is 1. The summed E-state index contributed by atoms with van der Waals surface area (Å²) >= 11 is 0. The van der Waals surface area contributed by atoms with Crippen LogP contribution in [0.4, 0.5) is 4.39 Å². The minimum absolute atomic E-state index is 0.331. The molecule has 0 saturated heterocycles. The molecule has 0 bridgehead atoms. The molecule has 4 heteroatoms. The van der Waals surface area contributed by atoms with Crippen LogP contribution in [0.15, 0.2) is 51.7 Å². The molecule has 0 fully saturated rings. The highest BCUT2D eigenvalue weighted by Gasteiger charge is 2.16. The van der Waals surface area contributed by atoms with Gasteiger partial charge in [0.1, 0.15) is 23.3 Å². The first-order chi connectivity index (χ1) is 8.24. The maximum atomic E-state index is 13.0. The van der Waals surface area contributed by atoms with E-state index in [0.29, 0.717) is 22.3 Å². The van der Waals surface area contributed by atoms with E-state index >= 15 is 0 Å². The SMILES string of the molecule is OC(c1ccoc1)c1cc2cc(F)ccc2o1. The molecule has 1 atom stereocenters. The Morgan fingerprint density at radius 1 is 1.18 bits per heavy atom. The van der Waals surface area contributed by atoms with Crippen molar-refractivity contribution in [1.82, 2.24) is 0 Å². The Balaban J connectivity index is 2.06. The second-order valence-electron chi connectivity index (χ2n) is 3.79. The van der Waals surface area contributed by atoms with Crippen molar-refractivity contribution in [3.8, 4) is 0 Å². The molecule has 2 aromatic heterocycles. The molecule has 3 nitrogen and oxygen atoms in total. The Bertz CT molecular complexity index is 640. The van der Waals surface area contributed by atoms with Gasteiger partial charge in [-0.2, -0.15) is 0 Å². The van der Waals surface area contributed by atoms with E-state index in [9.17, 15) is 9.50 Å². The molecule has 0 spiro atoms. The van der Waals surface area contributed by atoms with Gasteiger partial charge in [-0.3, -0.25) is 0 Å². The van der Waals surface area contributed by atoms with E-state index in [1.54, 1.807) is 12.1 Å². The van der Waals surface area contributed by atoms with Crippen LogP contribution in [0.1, 0.15) is 17.4 Å². The molecule has 0 aliphatic heterocycles. The Morgan fingerprint density at radius 2 is 2.06 bits per heavy atom. The van der Waals surface area contributed by atoms with Crippen molar-refractivity contribution >= 4 is 11.0 Å². The molecule has 3 rings (SSSR count). The monoisotopic (exact) mass is 232 g/mol. The summed E-state index contributed by atoms with van der Waals surface area (Å²) in [7, 11) is 0. The molecule has 1 aromatic carbocycles. The second kappa shape index (κ2) is 3.75. The van der Waals surface area contributed by atoms with Crippen molar-refractivity contribution < 1.29 is 18.3 Å². The van der Waals surface area contributed by atoms with Gasteiger partial charge < -0.3 is 13.9 Å². The van der Waals surface area contributed by atoms with Crippen LogP contribution in [-0.4, -0.2) is 5.11 Å². The highest BCUT2D eigenvalue weighted by molar-refractivity contribution is 5.78. The lowest BCUT2D eigenvalue weighted by Crippen LogP contribution is -1.95. The van der Waals surface area contributed by atoms with E-state index in [-0.39, 0.29) is 5.82 Å². The molecule has 17 heavy (non-hydrogen) atoms. The summed E-state index contributed by atoms with van der Waals surface area (Å²) in [6, 6.07) is 7.50. The lowest BCUT2D eigenvalue weighted by atomic mass is 10.1. The van der Waals surface area contributed by atoms with Crippen molar-refractivity contribution in [1.29, 1.82) is 0 Å². The topological polar surface area (TPSA) is 46.5 Å². The fourth-order valence-electron chi connectivity index (χ4n) is 1.76. The van der Waals surface area contributed by atoms with E-state index in [1.165, 1.54) is 30.7 Å². The van der Waals surface area contributed by atoms with Crippen LogP contribution >= 0.6 is 0 Å². The Morgan fingerprint density at radius 3 is 2.82 bits per heavy atom. The van der Waals surface area contributed by atoms with Crippen LogP contribution in [0.5, 0.6) is 0 Å². The van der Waals surface area contributed by atoms with Gasteiger partial charge in [-0.15, -0.1) is 0 Å². The zero-order valence-electron chi connectivity index (χ0n) is 8.76. The first-order valence-corrected chi connectivity index (χ1v) is 5.13. The molecule has 3 aromatic rings. The highest BCUT2D eigenvalue weighted by atomic mass is 19.1. The second-order valence-corrected chi connectivity index (χ2v) is 3.79. The van der Waals surface area contributed by atoms with Crippen LogP contribution in [0.2, 0.25) is 0 Å². The number of furan rings is 2. The molecular weight excluding hydrogens is 223 g/mol. The fourth-order valence-corrected chi connectivity index (χ4v) is 1.76. The van der Waals surface area contributed by atoms with Gasteiger partial charge >= 0.3 is 0 Å². The molecule has 0 saturated carbocycles. The largest absolute Gasteiger partial charge is 0.472 e. The van der Waals surface area contributed by atoms with E-state index in [1.807, 2.05) is 0 Å². The van der Waals surface area contributed by atoms with Crippen molar-refractivity contribution in [2.75, 3.05) is 0 Å². The molecule has 1 unspecified atom stereocenters. The summed E-state index contributed by atoms with van der Waals surface area (Å²) in [5.41, 5.74) is 1.15. The predicted octanol–water partition coefficient (Wildman–Crippen LogP) is 3.25. The summed E-state index contributed by atoms with van der Waals surface area (Å²) in [6.45, 7) is 0. The quantitative estimate of drug-likeness (QED) is 0.737. The number of fused-ring (bicyclic) bond motifs is 1. The van der Waals surface area contributed by atoms with Gasteiger partial charge in [0, 0.05) is 10.9 Å².